The first kappa shape index (κ1) is 21.1. The van der Waals surface area contributed by atoms with Crippen LogP contribution in [0.3, 0.4) is 0 Å². The Morgan fingerprint density at radius 2 is 1.87 bits per heavy atom. The third-order valence-electron chi connectivity index (χ3n) is 5.84. The zero-order valence-corrected chi connectivity index (χ0v) is 17.3. The van der Waals surface area contributed by atoms with Crippen LogP contribution in [0.4, 0.5) is 25.0 Å². The quantitative estimate of drug-likeness (QED) is 0.786. The van der Waals surface area contributed by atoms with E-state index in [1.807, 2.05) is 31.2 Å². The van der Waals surface area contributed by atoms with Gasteiger partial charge in [0.2, 0.25) is 5.91 Å². The highest BCUT2D eigenvalue weighted by atomic mass is 19.1. The van der Waals surface area contributed by atoms with Crippen LogP contribution in [0.25, 0.3) is 0 Å². The highest BCUT2D eigenvalue weighted by molar-refractivity contribution is 5.95. The fraction of sp³-hybridized carbons (Fsp3) is 0.391. The molecule has 2 aromatic carbocycles. The molecule has 0 aromatic heterocycles. The Morgan fingerprint density at radius 1 is 1.13 bits per heavy atom. The maximum Gasteiger partial charge on any atom is 0.324 e. The van der Waals surface area contributed by atoms with E-state index in [-0.39, 0.29) is 29.6 Å². The van der Waals surface area contributed by atoms with E-state index in [0.29, 0.717) is 38.2 Å². The third-order valence-corrected chi connectivity index (χ3v) is 5.84. The number of urea groups is 1. The largest absolute Gasteiger partial charge is 0.486 e. The fourth-order valence-electron chi connectivity index (χ4n) is 4.02. The van der Waals surface area contributed by atoms with Crippen molar-refractivity contribution in [1.29, 1.82) is 0 Å². The van der Waals surface area contributed by atoms with Crippen molar-refractivity contribution in [2.45, 2.75) is 32.3 Å². The lowest BCUT2D eigenvalue weighted by molar-refractivity contribution is -0.121. The highest BCUT2D eigenvalue weighted by Crippen LogP contribution is 2.35. The van der Waals surface area contributed by atoms with Crippen LogP contribution in [-0.2, 0) is 4.79 Å². The molecular weight excluding hydrogens is 404 g/mol. The maximum absolute atomic E-state index is 13.8. The average molecular weight is 429 g/mol. The van der Waals surface area contributed by atoms with E-state index < -0.39 is 11.6 Å². The van der Waals surface area contributed by atoms with E-state index in [2.05, 4.69) is 5.32 Å². The van der Waals surface area contributed by atoms with Crippen LogP contribution >= 0.6 is 0 Å². The number of hydrogen-bond acceptors (Lipinski definition) is 3. The minimum absolute atomic E-state index is 0.0664. The van der Waals surface area contributed by atoms with Crippen molar-refractivity contribution >= 4 is 23.3 Å². The van der Waals surface area contributed by atoms with Crippen LogP contribution in [0.5, 0.6) is 5.75 Å². The summed E-state index contributed by atoms with van der Waals surface area (Å²) in [4.78, 5) is 29.2. The Bertz CT molecular complexity index is 976. The van der Waals surface area contributed by atoms with Crippen molar-refractivity contribution in [2.24, 2.45) is 5.92 Å². The Kier molecular flexibility index (Phi) is 6.06. The summed E-state index contributed by atoms with van der Waals surface area (Å²) >= 11 is 0. The maximum atomic E-state index is 13.8. The topological polar surface area (TPSA) is 61.9 Å². The van der Waals surface area contributed by atoms with E-state index in [9.17, 15) is 18.4 Å². The number of likely N-dealkylation sites (tertiary alicyclic amines) is 1. The third kappa shape index (κ3) is 4.47. The molecule has 4 rings (SSSR count). The number of anilines is 2. The van der Waals surface area contributed by atoms with Crippen molar-refractivity contribution in [1.82, 2.24) is 4.90 Å². The van der Waals surface area contributed by atoms with Crippen LogP contribution in [0.15, 0.2) is 42.5 Å². The van der Waals surface area contributed by atoms with Crippen LogP contribution in [0.1, 0.15) is 26.2 Å². The molecule has 31 heavy (non-hydrogen) atoms. The summed E-state index contributed by atoms with van der Waals surface area (Å²) in [6.45, 7) is 3.33. The van der Waals surface area contributed by atoms with Gasteiger partial charge in [0.05, 0.1) is 17.9 Å². The molecule has 2 aliphatic rings. The number of amides is 3. The number of nitrogens with one attached hydrogen (secondary N) is 1. The molecule has 0 radical (unpaired) electrons. The average Bonchev–Trinajstić information content (AvgIpc) is 2.80. The molecule has 0 spiro atoms. The Balaban J connectivity index is 1.39. The molecule has 2 aliphatic heterocycles. The fourth-order valence-corrected chi connectivity index (χ4v) is 4.02. The predicted octanol–water partition coefficient (Wildman–Crippen LogP) is 4.41. The van der Waals surface area contributed by atoms with Gasteiger partial charge < -0.3 is 15.0 Å². The Labute approximate surface area is 179 Å². The van der Waals surface area contributed by atoms with Gasteiger partial charge in [-0.2, -0.15) is 0 Å². The minimum Gasteiger partial charge on any atom is -0.486 e. The predicted molar refractivity (Wildman–Crippen MR) is 113 cm³/mol. The molecule has 6 nitrogen and oxygen atoms in total. The SMILES string of the molecule is CC[C@H]1CN(C(=O)N2CCC(C(=O)Nc3cc(F)ccc3F)CC2)c2ccccc2O1. The first-order valence-corrected chi connectivity index (χ1v) is 10.5. The van der Waals surface area contributed by atoms with Crippen molar-refractivity contribution in [3.8, 4) is 5.75 Å². The molecule has 0 bridgehead atoms. The molecular formula is C23H25F2N3O3. The van der Waals surface area contributed by atoms with E-state index >= 15 is 0 Å². The molecule has 3 amide bonds. The van der Waals surface area contributed by atoms with Crippen molar-refractivity contribution in [3.63, 3.8) is 0 Å². The molecule has 2 heterocycles. The van der Waals surface area contributed by atoms with Crippen molar-refractivity contribution < 1.29 is 23.1 Å². The Morgan fingerprint density at radius 3 is 2.61 bits per heavy atom. The summed E-state index contributed by atoms with van der Waals surface area (Å²) < 4.78 is 33.1. The molecule has 0 saturated carbocycles. The molecule has 1 N–H and O–H groups in total. The van der Waals surface area contributed by atoms with Gasteiger partial charge in [-0.05, 0) is 43.5 Å². The van der Waals surface area contributed by atoms with Gasteiger partial charge in [0.25, 0.3) is 0 Å². The number of carbonyl (C=O) groups excluding carboxylic acids is 2. The summed E-state index contributed by atoms with van der Waals surface area (Å²) in [6, 6.07) is 10.3. The first-order valence-electron chi connectivity index (χ1n) is 10.5. The zero-order chi connectivity index (χ0) is 22.0. The standard InChI is InChI=1S/C23H25F2N3O3/c1-2-17-14-28(20-5-3-4-6-21(20)31-17)23(30)27-11-9-15(10-12-27)22(29)26-19-13-16(24)7-8-18(19)25/h3-8,13,15,17H,2,9-12,14H2,1H3,(H,26,29)/t17-/m0/s1. The van der Waals surface area contributed by atoms with Crippen LogP contribution < -0.4 is 15.0 Å². The van der Waals surface area contributed by atoms with E-state index in [0.717, 1.165) is 30.3 Å². The normalized spacial score (nSPS) is 18.9. The summed E-state index contributed by atoms with van der Waals surface area (Å²) in [5.41, 5.74) is 0.581. The van der Waals surface area contributed by atoms with Gasteiger partial charge in [-0.1, -0.05) is 19.1 Å². The molecule has 1 saturated heterocycles. The number of fused-ring (bicyclic) bond motifs is 1. The number of nitrogens with zero attached hydrogens (tertiary/aromatic N) is 2. The van der Waals surface area contributed by atoms with Crippen LogP contribution in [0.2, 0.25) is 0 Å². The molecule has 2 aromatic rings. The monoisotopic (exact) mass is 429 g/mol. The lowest BCUT2D eigenvalue weighted by atomic mass is 9.96. The van der Waals surface area contributed by atoms with E-state index in [1.165, 1.54) is 0 Å². The first-order chi connectivity index (χ1) is 15.0. The number of ether oxygens (including phenoxy) is 1. The molecule has 164 valence electrons. The molecule has 0 unspecified atom stereocenters. The van der Waals surface area contributed by atoms with Gasteiger partial charge in [0.1, 0.15) is 23.5 Å². The second-order valence-corrected chi connectivity index (χ2v) is 7.88. The molecule has 8 heteroatoms. The second kappa shape index (κ2) is 8.91. The minimum atomic E-state index is -0.682. The van der Waals surface area contributed by atoms with Gasteiger partial charge in [-0.25, -0.2) is 13.6 Å². The number of halogens is 2. The summed E-state index contributed by atoms with van der Waals surface area (Å²) in [7, 11) is 0. The summed E-state index contributed by atoms with van der Waals surface area (Å²) in [5, 5.41) is 2.47. The van der Waals surface area contributed by atoms with E-state index in [4.69, 9.17) is 4.74 Å². The molecule has 1 fully saturated rings. The summed E-state index contributed by atoms with van der Waals surface area (Å²) in [5.74, 6) is -1.33. The number of rotatable bonds is 3. The van der Waals surface area contributed by atoms with E-state index in [1.54, 1.807) is 9.80 Å². The van der Waals surface area contributed by atoms with Gasteiger partial charge in [-0.15, -0.1) is 0 Å². The molecule has 1 atom stereocenters. The van der Waals surface area contributed by atoms with Gasteiger partial charge >= 0.3 is 6.03 Å². The summed E-state index contributed by atoms with van der Waals surface area (Å²) in [6.07, 6.45) is 1.63. The van der Waals surface area contributed by atoms with Crippen LogP contribution in [-0.4, -0.2) is 42.6 Å². The van der Waals surface area contributed by atoms with Crippen LogP contribution in [0, 0.1) is 17.6 Å². The van der Waals surface area contributed by atoms with Gasteiger partial charge in [-0.3, -0.25) is 9.69 Å². The van der Waals surface area contributed by atoms with Gasteiger partial charge in [0.15, 0.2) is 0 Å². The lowest BCUT2D eigenvalue weighted by Gasteiger charge is -2.39. The molecule has 0 aliphatic carbocycles. The zero-order valence-electron chi connectivity index (χ0n) is 17.3. The number of para-hydroxylation sites is 2. The number of piperidine rings is 1. The smallest absolute Gasteiger partial charge is 0.324 e. The highest BCUT2D eigenvalue weighted by Gasteiger charge is 2.34. The van der Waals surface area contributed by atoms with Gasteiger partial charge in [0, 0.05) is 25.1 Å². The van der Waals surface area contributed by atoms with Crippen molar-refractivity contribution in [2.75, 3.05) is 29.9 Å². The Hall–Kier alpha value is -3.16. The second-order valence-electron chi connectivity index (χ2n) is 7.88. The van der Waals surface area contributed by atoms with Crippen molar-refractivity contribution in [3.05, 3.63) is 54.1 Å². The lowest BCUT2D eigenvalue weighted by Crippen LogP contribution is -2.52. The number of hydrogen-bond donors (Lipinski definition) is 1. The number of carbonyl (C=O) groups is 2. The number of benzene rings is 2.